The fourth-order valence-corrected chi connectivity index (χ4v) is 6.25. The Labute approximate surface area is 200 Å². The predicted molar refractivity (Wildman–Crippen MR) is 130 cm³/mol. The number of anilines is 1. The Morgan fingerprint density at radius 3 is 2.11 bits per heavy atom. The molecule has 1 saturated heterocycles. The van der Waals surface area contributed by atoms with Crippen LogP contribution in [-0.2, 0) is 4.79 Å². The van der Waals surface area contributed by atoms with E-state index < -0.39 is 28.3 Å². The van der Waals surface area contributed by atoms with Crippen molar-refractivity contribution in [3.8, 4) is 0 Å². The average Bonchev–Trinajstić information content (AvgIpc) is 3.31. The highest BCUT2D eigenvalue weighted by molar-refractivity contribution is 6.32. The van der Waals surface area contributed by atoms with Gasteiger partial charge >= 0.3 is 0 Å². The van der Waals surface area contributed by atoms with Crippen LogP contribution in [0.2, 0.25) is 0 Å². The molecular weight excluding hydrogens is 444 g/mol. The van der Waals surface area contributed by atoms with E-state index in [1.54, 1.807) is 36.4 Å². The largest absolute Gasteiger partial charge is 0.352 e. The van der Waals surface area contributed by atoms with Crippen LogP contribution in [0.5, 0.6) is 0 Å². The first-order valence-corrected chi connectivity index (χ1v) is 11.4. The molecule has 0 radical (unpaired) electrons. The molecule has 35 heavy (non-hydrogen) atoms. The number of nitro groups is 1. The molecule has 0 N–H and O–H groups in total. The van der Waals surface area contributed by atoms with Crippen molar-refractivity contribution in [2.24, 2.45) is 5.41 Å². The Balaban J connectivity index is 1.66. The van der Waals surface area contributed by atoms with Crippen LogP contribution < -0.4 is 4.90 Å². The number of para-hydroxylation sites is 1. The highest BCUT2D eigenvalue weighted by Crippen LogP contribution is 2.60. The number of carbonyl (C=O) groups excluding carboxylic acids is 3. The van der Waals surface area contributed by atoms with E-state index in [0.717, 1.165) is 11.3 Å². The maximum absolute atomic E-state index is 14.2. The Kier molecular flexibility index (Phi) is 4.42. The molecule has 7 nitrogen and oxygen atoms in total. The molecule has 1 aliphatic carbocycles. The van der Waals surface area contributed by atoms with Crippen LogP contribution in [0.3, 0.4) is 0 Å². The van der Waals surface area contributed by atoms with Crippen LogP contribution in [0.1, 0.15) is 44.7 Å². The van der Waals surface area contributed by atoms with E-state index in [9.17, 15) is 24.5 Å². The Morgan fingerprint density at radius 2 is 1.51 bits per heavy atom. The quantitative estimate of drug-likeness (QED) is 0.319. The average molecular weight is 464 g/mol. The first kappa shape index (κ1) is 21.2. The Morgan fingerprint density at radius 1 is 0.914 bits per heavy atom. The van der Waals surface area contributed by atoms with Crippen molar-refractivity contribution in [1.29, 1.82) is 0 Å². The first-order chi connectivity index (χ1) is 16.9. The molecule has 7 heteroatoms. The summed E-state index contributed by atoms with van der Waals surface area (Å²) in [7, 11) is 0. The molecule has 1 spiro atoms. The minimum atomic E-state index is -1.57. The van der Waals surface area contributed by atoms with Crippen LogP contribution in [0.15, 0.2) is 78.9 Å². The maximum Gasteiger partial charge on any atom is 0.269 e. The van der Waals surface area contributed by atoms with Gasteiger partial charge in [-0.05, 0) is 24.1 Å². The third-order valence-corrected chi connectivity index (χ3v) is 7.59. The van der Waals surface area contributed by atoms with Gasteiger partial charge in [-0.25, -0.2) is 0 Å². The van der Waals surface area contributed by atoms with E-state index in [0.29, 0.717) is 16.7 Å². The molecule has 6 rings (SSSR count). The summed E-state index contributed by atoms with van der Waals surface area (Å²) in [6.45, 7) is 1.47. The maximum atomic E-state index is 14.2. The van der Waals surface area contributed by atoms with Crippen molar-refractivity contribution in [2.45, 2.75) is 24.9 Å². The number of nitro benzene ring substituents is 1. The van der Waals surface area contributed by atoms with Gasteiger partial charge in [-0.3, -0.25) is 24.5 Å². The molecule has 0 bridgehead atoms. The molecule has 3 aromatic carbocycles. The number of Topliss-reactive ketones (excluding diaryl/α,β-unsaturated/α-hetero) is 3. The zero-order chi connectivity index (χ0) is 24.5. The van der Waals surface area contributed by atoms with Gasteiger partial charge in [0.2, 0.25) is 0 Å². The number of hydrogen-bond acceptors (Lipinski definition) is 6. The molecule has 1 fully saturated rings. The standard InChI is InChI=1S/C28H20N2O5/c1-16(31)25-24(18-10-13-19(14-11-18)30(34)35)28(26(32)20-7-3-4-8-21(20)27(28)33)23-15-12-17-6-2-5-9-22(17)29(23)25/h2-15,23-25H,1H3/t23-,24+,25+/m1/s1. The summed E-state index contributed by atoms with van der Waals surface area (Å²) in [6.07, 6.45) is 3.75. The summed E-state index contributed by atoms with van der Waals surface area (Å²) in [5.41, 5.74) is 1.24. The van der Waals surface area contributed by atoms with Crippen molar-refractivity contribution in [3.63, 3.8) is 0 Å². The van der Waals surface area contributed by atoms with E-state index >= 15 is 0 Å². The number of benzene rings is 3. The SMILES string of the molecule is CC(=O)[C@H]1[C@H](c2ccc([N+](=O)[O-])cc2)C2(C(=O)c3ccccc3C2=O)[C@H]2C=Cc3ccccc3N12. The monoisotopic (exact) mass is 464 g/mol. The highest BCUT2D eigenvalue weighted by Gasteiger charge is 2.71. The number of fused-ring (bicyclic) bond motifs is 5. The van der Waals surface area contributed by atoms with Gasteiger partial charge in [0.25, 0.3) is 5.69 Å². The molecule has 2 aliphatic heterocycles. The molecule has 0 saturated carbocycles. The predicted octanol–water partition coefficient (Wildman–Crippen LogP) is 4.62. The minimum absolute atomic E-state index is 0.101. The van der Waals surface area contributed by atoms with Gasteiger partial charge in [0.15, 0.2) is 17.3 Å². The summed E-state index contributed by atoms with van der Waals surface area (Å²) >= 11 is 0. The molecule has 2 heterocycles. The van der Waals surface area contributed by atoms with Gasteiger partial charge in [0, 0.05) is 34.9 Å². The molecule has 3 atom stereocenters. The highest BCUT2D eigenvalue weighted by atomic mass is 16.6. The van der Waals surface area contributed by atoms with E-state index in [1.165, 1.54) is 19.1 Å². The van der Waals surface area contributed by atoms with E-state index in [2.05, 4.69) is 0 Å². The zero-order valence-electron chi connectivity index (χ0n) is 18.8. The van der Waals surface area contributed by atoms with Crippen molar-refractivity contribution >= 4 is 34.8 Å². The molecule has 172 valence electrons. The topological polar surface area (TPSA) is 97.6 Å². The lowest BCUT2D eigenvalue weighted by Gasteiger charge is -2.37. The van der Waals surface area contributed by atoms with Crippen LogP contribution in [0, 0.1) is 15.5 Å². The molecule has 3 aromatic rings. The third-order valence-electron chi connectivity index (χ3n) is 7.59. The van der Waals surface area contributed by atoms with Crippen molar-refractivity contribution in [1.82, 2.24) is 0 Å². The summed E-state index contributed by atoms with van der Waals surface area (Å²) in [5, 5.41) is 11.3. The van der Waals surface area contributed by atoms with E-state index in [-0.39, 0.29) is 23.0 Å². The second-order valence-corrected chi connectivity index (χ2v) is 9.22. The van der Waals surface area contributed by atoms with E-state index in [4.69, 9.17) is 0 Å². The van der Waals surface area contributed by atoms with Crippen LogP contribution >= 0.6 is 0 Å². The van der Waals surface area contributed by atoms with Gasteiger partial charge in [0.05, 0.1) is 17.0 Å². The third kappa shape index (κ3) is 2.63. The van der Waals surface area contributed by atoms with Gasteiger partial charge in [-0.2, -0.15) is 0 Å². The molecule has 0 aromatic heterocycles. The molecule has 3 aliphatic rings. The normalized spacial score (nSPS) is 23.2. The fraction of sp³-hybridized carbons (Fsp3) is 0.179. The smallest absolute Gasteiger partial charge is 0.269 e. The first-order valence-electron chi connectivity index (χ1n) is 11.4. The lowest BCUT2D eigenvalue weighted by Crippen LogP contribution is -2.48. The van der Waals surface area contributed by atoms with Crippen LogP contribution in [0.4, 0.5) is 11.4 Å². The van der Waals surface area contributed by atoms with Crippen LogP contribution in [-0.4, -0.2) is 34.4 Å². The van der Waals surface area contributed by atoms with Crippen molar-refractivity contribution in [2.75, 3.05) is 4.90 Å². The summed E-state index contributed by atoms with van der Waals surface area (Å²) < 4.78 is 0. The zero-order valence-corrected chi connectivity index (χ0v) is 18.8. The second kappa shape index (κ2) is 7.30. The van der Waals surface area contributed by atoms with Crippen molar-refractivity contribution in [3.05, 3.63) is 111 Å². The Bertz CT molecular complexity index is 1440. The number of non-ortho nitro benzene ring substituents is 1. The van der Waals surface area contributed by atoms with Gasteiger partial charge < -0.3 is 4.90 Å². The van der Waals surface area contributed by atoms with Crippen LogP contribution in [0.25, 0.3) is 6.08 Å². The number of rotatable bonds is 3. The lowest BCUT2D eigenvalue weighted by atomic mass is 9.64. The van der Waals surface area contributed by atoms with Gasteiger partial charge in [0.1, 0.15) is 5.41 Å². The Hall–Kier alpha value is -4.39. The minimum Gasteiger partial charge on any atom is -0.352 e. The van der Waals surface area contributed by atoms with Gasteiger partial charge in [-0.15, -0.1) is 0 Å². The number of carbonyl (C=O) groups is 3. The molecule has 0 unspecified atom stereocenters. The second-order valence-electron chi connectivity index (χ2n) is 9.22. The summed E-state index contributed by atoms with van der Waals surface area (Å²) in [5.74, 6) is -1.64. The van der Waals surface area contributed by atoms with Crippen molar-refractivity contribution < 1.29 is 19.3 Å². The molecular formula is C28H20N2O5. The summed E-state index contributed by atoms with van der Waals surface area (Å²) in [6, 6.07) is 18.7. The number of hydrogen-bond donors (Lipinski definition) is 0. The number of ketones is 3. The fourth-order valence-electron chi connectivity index (χ4n) is 6.25. The summed E-state index contributed by atoms with van der Waals surface area (Å²) in [4.78, 5) is 54.4. The van der Waals surface area contributed by atoms with E-state index in [1.807, 2.05) is 41.3 Å². The number of nitrogens with zero attached hydrogens (tertiary/aromatic N) is 2. The molecule has 0 amide bonds. The van der Waals surface area contributed by atoms with Gasteiger partial charge in [-0.1, -0.05) is 66.7 Å². The lowest BCUT2D eigenvalue weighted by molar-refractivity contribution is -0.384.